The second-order valence-corrected chi connectivity index (χ2v) is 4.94. The fourth-order valence-electron chi connectivity index (χ4n) is 2.19. The van der Waals surface area contributed by atoms with E-state index < -0.39 is 29.3 Å². The summed E-state index contributed by atoms with van der Waals surface area (Å²) in [5.41, 5.74) is 0.0481. The number of rotatable bonds is 4. The summed E-state index contributed by atoms with van der Waals surface area (Å²) < 4.78 is 28.7. The van der Waals surface area contributed by atoms with Crippen LogP contribution < -0.4 is 10.6 Å². The first-order chi connectivity index (χ1) is 11.6. The highest BCUT2D eigenvalue weighted by Gasteiger charge is 2.18. The molecule has 9 heteroatoms. The van der Waals surface area contributed by atoms with E-state index in [2.05, 4.69) is 20.8 Å². The molecular formula is C15H13F2N5O2. The molecule has 2 aromatic heterocycles. The van der Waals surface area contributed by atoms with Crippen molar-refractivity contribution >= 4 is 17.6 Å². The lowest BCUT2D eigenvalue weighted by atomic mass is 10.1. The van der Waals surface area contributed by atoms with Gasteiger partial charge in [0.25, 0.3) is 0 Å². The van der Waals surface area contributed by atoms with Crippen molar-refractivity contribution in [2.45, 2.75) is 6.10 Å². The Labute approximate surface area is 134 Å². The molecule has 124 valence electrons. The number of amides is 2. The monoisotopic (exact) mass is 333 g/mol. The van der Waals surface area contributed by atoms with Crippen LogP contribution in [0.4, 0.5) is 19.5 Å². The SMILES string of the molecule is O=C(NCC(O)c1c(F)cccc1F)Nc1nnc2ccccn12. The number of pyridine rings is 1. The van der Waals surface area contributed by atoms with E-state index in [1.54, 1.807) is 28.8 Å². The van der Waals surface area contributed by atoms with Gasteiger partial charge in [-0.15, -0.1) is 10.2 Å². The number of hydrogen-bond acceptors (Lipinski definition) is 4. The predicted molar refractivity (Wildman–Crippen MR) is 81.3 cm³/mol. The fraction of sp³-hybridized carbons (Fsp3) is 0.133. The lowest BCUT2D eigenvalue weighted by Crippen LogP contribution is -2.33. The van der Waals surface area contributed by atoms with Crippen molar-refractivity contribution in [3.8, 4) is 0 Å². The van der Waals surface area contributed by atoms with Crippen LogP contribution in [0, 0.1) is 11.6 Å². The van der Waals surface area contributed by atoms with Gasteiger partial charge in [-0.1, -0.05) is 12.1 Å². The number of carbonyl (C=O) groups excluding carboxylic acids is 1. The van der Waals surface area contributed by atoms with Gasteiger partial charge in [-0.05, 0) is 24.3 Å². The van der Waals surface area contributed by atoms with Gasteiger partial charge in [-0.2, -0.15) is 0 Å². The third-order valence-electron chi connectivity index (χ3n) is 3.33. The summed E-state index contributed by atoms with van der Waals surface area (Å²) >= 11 is 0. The van der Waals surface area contributed by atoms with Gasteiger partial charge in [0.1, 0.15) is 17.7 Å². The molecule has 0 saturated carbocycles. The average molecular weight is 333 g/mol. The average Bonchev–Trinajstić information content (AvgIpc) is 2.96. The van der Waals surface area contributed by atoms with Crippen LogP contribution in [-0.2, 0) is 0 Å². The van der Waals surface area contributed by atoms with Crippen molar-refractivity contribution in [2.75, 3.05) is 11.9 Å². The number of fused-ring (bicyclic) bond motifs is 1. The quantitative estimate of drug-likeness (QED) is 0.680. The molecule has 0 aliphatic heterocycles. The summed E-state index contributed by atoms with van der Waals surface area (Å²) in [6, 6.07) is 7.79. The van der Waals surface area contributed by atoms with Gasteiger partial charge in [0.2, 0.25) is 5.95 Å². The highest BCUT2D eigenvalue weighted by molar-refractivity contribution is 5.87. The van der Waals surface area contributed by atoms with Crippen molar-refractivity contribution < 1.29 is 18.7 Å². The molecule has 0 aliphatic carbocycles. The number of aromatic nitrogens is 3. The minimum absolute atomic E-state index is 0.176. The molecule has 0 saturated heterocycles. The van der Waals surface area contributed by atoms with E-state index in [-0.39, 0.29) is 12.5 Å². The van der Waals surface area contributed by atoms with Gasteiger partial charge in [-0.3, -0.25) is 9.72 Å². The number of urea groups is 1. The number of nitrogens with zero attached hydrogens (tertiary/aromatic N) is 3. The summed E-state index contributed by atoms with van der Waals surface area (Å²) in [6.45, 7) is -0.375. The molecule has 3 aromatic rings. The zero-order chi connectivity index (χ0) is 17.1. The number of hydrogen-bond donors (Lipinski definition) is 3. The van der Waals surface area contributed by atoms with E-state index >= 15 is 0 Å². The van der Waals surface area contributed by atoms with Gasteiger partial charge in [0, 0.05) is 12.7 Å². The Hall–Kier alpha value is -3.07. The predicted octanol–water partition coefficient (Wildman–Crippen LogP) is 1.86. The molecule has 24 heavy (non-hydrogen) atoms. The normalized spacial score (nSPS) is 12.1. The zero-order valence-electron chi connectivity index (χ0n) is 12.3. The van der Waals surface area contributed by atoms with E-state index in [0.717, 1.165) is 12.1 Å². The Morgan fingerprint density at radius 3 is 2.67 bits per heavy atom. The summed E-state index contributed by atoms with van der Waals surface area (Å²) in [7, 11) is 0. The number of benzene rings is 1. The molecule has 0 aliphatic rings. The first-order valence-corrected chi connectivity index (χ1v) is 7.03. The zero-order valence-corrected chi connectivity index (χ0v) is 12.3. The molecule has 1 atom stereocenters. The Morgan fingerprint density at radius 1 is 1.17 bits per heavy atom. The molecule has 2 amide bonds. The largest absolute Gasteiger partial charge is 0.386 e. The minimum atomic E-state index is -1.52. The first kappa shape index (κ1) is 15.8. The number of carbonyl (C=O) groups is 1. The Kier molecular flexibility index (Phi) is 4.34. The number of anilines is 1. The molecule has 0 spiro atoms. The van der Waals surface area contributed by atoms with Crippen molar-refractivity contribution in [1.29, 1.82) is 0 Å². The third-order valence-corrected chi connectivity index (χ3v) is 3.33. The van der Waals surface area contributed by atoms with Crippen molar-refractivity contribution in [3.63, 3.8) is 0 Å². The van der Waals surface area contributed by atoms with Crippen molar-refractivity contribution in [1.82, 2.24) is 19.9 Å². The maximum Gasteiger partial charge on any atom is 0.321 e. The second kappa shape index (κ2) is 6.59. The van der Waals surface area contributed by atoms with Crippen LogP contribution in [0.3, 0.4) is 0 Å². The van der Waals surface area contributed by atoms with E-state index in [0.29, 0.717) is 5.65 Å². The van der Waals surface area contributed by atoms with Crippen LogP contribution in [0.5, 0.6) is 0 Å². The topological polar surface area (TPSA) is 91.5 Å². The number of nitrogens with one attached hydrogen (secondary N) is 2. The van der Waals surface area contributed by atoms with Crippen LogP contribution in [-0.4, -0.2) is 32.3 Å². The van der Waals surface area contributed by atoms with Gasteiger partial charge in [0.15, 0.2) is 5.65 Å². The molecule has 7 nitrogen and oxygen atoms in total. The van der Waals surface area contributed by atoms with Crippen LogP contribution in [0.25, 0.3) is 5.65 Å². The Morgan fingerprint density at radius 2 is 1.92 bits per heavy atom. The molecule has 2 heterocycles. The van der Waals surface area contributed by atoms with Crippen LogP contribution >= 0.6 is 0 Å². The summed E-state index contributed by atoms with van der Waals surface area (Å²) in [4.78, 5) is 11.9. The molecule has 3 rings (SSSR count). The first-order valence-electron chi connectivity index (χ1n) is 7.03. The van der Waals surface area contributed by atoms with Gasteiger partial charge in [-0.25, -0.2) is 13.6 Å². The third kappa shape index (κ3) is 3.15. The molecule has 0 fully saturated rings. The molecule has 3 N–H and O–H groups in total. The van der Waals surface area contributed by atoms with E-state index in [9.17, 15) is 18.7 Å². The highest BCUT2D eigenvalue weighted by Crippen LogP contribution is 2.19. The lowest BCUT2D eigenvalue weighted by Gasteiger charge is -2.14. The second-order valence-electron chi connectivity index (χ2n) is 4.94. The summed E-state index contributed by atoms with van der Waals surface area (Å²) in [5, 5.41) is 22.3. The van der Waals surface area contributed by atoms with Crippen LogP contribution in [0.2, 0.25) is 0 Å². The Bertz CT molecular complexity index is 863. The van der Waals surface area contributed by atoms with Crippen molar-refractivity contribution in [2.24, 2.45) is 0 Å². The van der Waals surface area contributed by atoms with Crippen LogP contribution in [0.1, 0.15) is 11.7 Å². The smallest absolute Gasteiger partial charge is 0.321 e. The van der Waals surface area contributed by atoms with Crippen LogP contribution in [0.15, 0.2) is 42.6 Å². The minimum Gasteiger partial charge on any atom is -0.386 e. The highest BCUT2D eigenvalue weighted by atomic mass is 19.1. The summed E-state index contributed by atoms with van der Waals surface area (Å²) in [6.07, 6.45) is 0.140. The molecule has 1 aromatic carbocycles. The molecule has 0 radical (unpaired) electrons. The standard InChI is InChI=1S/C15H13F2N5O2/c16-9-4-3-5-10(17)13(9)11(23)8-18-15(24)19-14-21-20-12-6-1-2-7-22(12)14/h1-7,11,23H,8H2,(H2,18,19,21,24). The van der Waals surface area contributed by atoms with E-state index in [4.69, 9.17) is 0 Å². The maximum absolute atomic E-state index is 13.6. The number of aliphatic hydroxyl groups excluding tert-OH is 1. The number of aliphatic hydroxyl groups is 1. The van der Waals surface area contributed by atoms with Gasteiger partial charge < -0.3 is 10.4 Å². The molecule has 1 unspecified atom stereocenters. The Balaban J connectivity index is 1.63. The van der Waals surface area contributed by atoms with E-state index in [1.165, 1.54) is 6.07 Å². The molecule has 0 bridgehead atoms. The lowest BCUT2D eigenvalue weighted by molar-refractivity contribution is 0.166. The fourth-order valence-corrected chi connectivity index (χ4v) is 2.19. The van der Waals surface area contributed by atoms with Gasteiger partial charge in [0.05, 0.1) is 5.56 Å². The summed E-state index contributed by atoms with van der Waals surface area (Å²) in [5.74, 6) is -1.59. The molecular weight excluding hydrogens is 320 g/mol. The number of halogens is 2. The van der Waals surface area contributed by atoms with E-state index in [1.807, 2.05) is 0 Å². The van der Waals surface area contributed by atoms with Gasteiger partial charge >= 0.3 is 6.03 Å². The maximum atomic E-state index is 13.6. The van der Waals surface area contributed by atoms with Crippen molar-refractivity contribution in [3.05, 3.63) is 59.8 Å².